The lowest BCUT2D eigenvalue weighted by atomic mass is 10.1. The Kier molecular flexibility index (Phi) is 6.47. The van der Waals surface area contributed by atoms with Gasteiger partial charge in [0.25, 0.3) is 5.56 Å². The summed E-state index contributed by atoms with van der Waals surface area (Å²) in [5, 5.41) is 0.597. The number of rotatable bonds is 7. The number of para-hydroxylation sites is 1. The third-order valence-electron chi connectivity index (χ3n) is 5.35. The summed E-state index contributed by atoms with van der Waals surface area (Å²) in [6.45, 7) is 6.07. The molecule has 0 fully saturated rings. The maximum Gasteiger partial charge on any atom is 0.261 e. The molecular formula is C24H29N3O2. The van der Waals surface area contributed by atoms with Gasteiger partial charge in [0.1, 0.15) is 5.82 Å². The number of hydrogen-bond acceptors (Lipinski definition) is 3. The predicted molar refractivity (Wildman–Crippen MR) is 117 cm³/mol. The largest absolute Gasteiger partial charge is 0.330 e. The van der Waals surface area contributed by atoms with Crippen molar-refractivity contribution in [3.63, 3.8) is 0 Å². The lowest BCUT2D eigenvalue weighted by Crippen LogP contribution is -2.42. The minimum absolute atomic E-state index is 0.00611. The zero-order valence-electron chi connectivity index (χ0n) is 17.6. The fourth-order valence-electron chi connectivity index (χ4n) is 3.88. The minimum atomic E-state index is -0.249. The standard InChI is InChI=1S/C24H29N3O2/c1-5-21(23-25-20-14-10-9-13-19(20)24(29)26(23)4)27(17(2)3)22(28)16-15-18-11-7-6-8-12-18/h6-14,17,21H,5,15-16H2,1-4H3. The number of nitrogens with zero attached hydrogens (tertiary/aromatic N) is 3. The molecule has 29 heavy (non-hydrogen) atoms. The van der Waals surface area contributed by atoms with E-state index in [9.17, 15) is 9.59 Å². The molecule has 0 aliphatic rings. The molecule has 0 radical (unpaired) electrons. The predicted octanol–water partition coefficient (Wildman–Crippen LogP) is 4.25. The summed E-state index contributed by atoms with van der Waals surface area (Å²) in [4.78, 5) is 32.7. The fourth-order valence-corrected chi connectivity index (χ4v) is 3.88. The van der Waals surface area contributed by atoms with Crippen LogP contribution in [-0.4, -0.2) is 26.4 Å². The lowest BCUT2D eigenvalue weighted by Gasteiger charge is -2.35. The average molecular weight is 392 g/mol. The molecule has 3 rings (SSSR count). The van der Waals surface area contributed by atoms with Crippen LogP contribution >= 0.6 is 0 Å². The molecular weight excluding hydrogens is 362 g/mol. The highest BCUT2D eigenvalue weighted by atomic mass is 16.2. The van der Waals surface area contributed by atoms with Gasteiger partial charge in [-0.1, -0.05) is 49.4 Å². The van der Waals surface area contributed by atoms with Gasteiger partial charge in [0.15, 0.2) is 0 Å². The van der Waals surface area contributed by atoms with Crippen LogP contribution in [0, 0.1) is 0 Å². The van der Waals surface area contributed by atoms with Gasteiger partial charge < -0.3 is 4.90 Å². The van der Waals surface area contributed by atoms with Crippen molar-refractivity contribution in [1.29, 1.82) is 0 Å². The van der Waals surface area contributed by atoms with Crippen molar-refractivity contribution in [2.75, 3.05) is 0 Å². The first-order valence-corrected chi connectivity index (χ1v) is 10.2. The molecule has 3 aromatic rings. The summed E-state index contributed by atoms with van der Waals surface area (Å²) in [6.07, 6.45) is 1.82. The molecule has 0 saturated heterocycles. The van der Waals surface area contributed by atoms with Gasteiger partial charge >= 0.3 is 0 Å². The molecule has 1 amide bonds. The van der Waals surface area contributed by atoms with Crippen LogP contribution in [0.5, 0.6) is 0 Å². The van der Waals surface area contributed by atoms with Crippen molar-refractivity contribution in [2.45, 2.75) is 52.1 Å². The smallest absolute Gasteiger partial charge is 0.261 e. The second-order valence-electron chi connectivity index (χ2n) is 7.66. The highest BCUT2D eigenvalue weighted by Gasteiger charge is 2.29. The first-order valence-electron chi connectivity index (χ1n) is 10.2. The Bertz CT molecular complexity index is 1040. The molecule has 0 bridgehead atoms. The normalized spacial score (nSPS) is 12.3. The zero-order chi connectivity index (χ0) is 21.0. The highest BCUT2D eigenvalue weighted by molar-refractivity contribution is 5.78. The maximum absolute atomic E-state index is 13.2. The highest BCUT2D eigenvalue weighted by Crippen LogP contribution is 2.26. The van der Waals surface area contributed by atoms with E-state index in [1.54, 1.807) is 17.7 Å². The van der Waals surface area contributed by atoms with Gasteiger partial charge in [-0.25, -0.2) is 4.98 Å². The summed E-state index contributed by atoms with van der Waals surface area (Å²) in [7, 11) is 1.74. The van der Waals surface area contributed by atoms with Gasteiger partial charge in [-0.3, -0.25) is 14.2 Å². The molecule has 0 N–H and O–H groups in total. The number of carbonyl (C=O) groups is 1. The van der Waals surface area contributed by atoms with Crippen molar-refractivity contribution < 1.29 is 4.79 Å². The Balaban J connectivity index is 1.95. The van der Waals surface area contributed by atoms with Crippen molar-refractivity contribution in [2.24, 2.45) is 7.05 Å². The number of aromatic nitrogens is 2. The quantitative estimate of drug-likeness (QED) is 0.605. The van der Waals surface area contributed by atoms with E-state index in [1.165, 1.54) is 0 Å². The fraction of sp³-hybridized carbons (Fsp3) is 0.375. The average Bonchev–Trinajstić information content (AvgIpc) is 2.73. The number of benzene rings is 2. The number of aryl methyl sites for hydroxylation is 1. The Morgan fingerprint density at radius 1 is 1.07 bits per heavy atom. The third-order valence-corrected chi connectivity index (χ3v) is 5.35. The topological polar surface area (TPSA) is 55.2 Å². The van der Waals surface area contributed by atoms with Crippen LogP contribution in [0.2, 0.25) is 0 Å². The molecule has 5 nitrogen and oxygen atoms in total. The van der Waals surface area contributed by atoms with E-state index in [4.69, 9.17) is 4.98 Å². The second kappa shape index (κ2) is 9.03. The third kappa shape index (κ3) is 4.39. The second-order valence-corrected chi connectivity index (χ2v) is 7.66. The van der Waals surface area contributed by atoms with E-state index in [0.29, 0.717) is 36.0 Å². The molecule has 1 aromatic heterocycles. The monoisotopic (exact) mass is 391 g/mol. The molecule has 0 spiro atoms. The molecule has 0 saturated carbocycles. The molecule has 0 aliphatic heterocycles. The van der Waals surface area contributed by atoms with E-state index in [2.05, 4.69) is 0 Å². The van der Waals surface area contributed by atoms with Crippen molar-refractivity contribution >= 4 is 16.8 Å². The summed E-state index contributed by atoms with van der Waals surface area (Å²) >= 11 is 0. The van der Waals surface area contributed by atoms with E-state index in [0.717, 1.165) is 5.56 Å². The van der Waals surface area contributed by atoms with E-state index >= 15 is 0 Å². The molecule has 5 heteroatoms. The van der Waals surface area contributed by atoms with Crippen LogP contribution in [0.1, 0.15) is 51.0 Å². The van der Waals surface area contributed by atoms with Gasteiger partial charge in [-0.2, -0.15) is 0 Å². The van der Waals surface area contributed by atoms with E-state index in [1.807, 2.05) is 74.2 Å². The van der Waals surface area contributed by atoms with Gasteiger partial charge in [-0.05, 0) is 44.4 Å². The SMILES string of the molecule is CCC(c1nc2ccccc2c(=O)n1C)N(C(=O)CCc1ccccc1)C(C)C. The minimum Gasteiger partial charge on any atom is -0.330 e. The first kappa shape index (κ1) is 20.8. The number of hydrogen-bond donors (Lipinski definition) is 0. The van der Waals surface area contributed by atoms with Crippen LogP contribution in [0.4, 0.5) is 0 Å². The zero-order valence-corrected chi connectivity index (χ0v) is 17.6. The molecule has 2 aromatic carbocycles. The molecule has 1 unspecified atom stereocenters. The summed E-state index contributed by atoms with van der Waals surface area (Å²) < 4.78 is 1.59. The number of fused-ring (bicyclic) bond motifs is 1. The van der Waals surface area contributed by atoms with Crippen molar-refractivity contribution in [1.82, 2.24) is 14.5 Å². The van der Waals surface area contributed by atoms with Gasteiger partial charge in [-0.15, -0.1) is 0 Å². The summed E-state index contributed by atoms with van der Waals surface area (Å²) in [5.74, 6) is 0.719. The molecule has 1 heterocycles. The number of carbonyl (C=O) groups excluding carboxylic acids is 1. The van der Waals surface area contributed by atoms with Crippen LogP contribution in [-0.2, 0) is 18.3 Å². The van der Waals surface area contributed by atoms with Crippen molar-refractivity contribution in [3.05, 3.63) is 76.3 Å². The Morgan fingerprint density at radius 2 is 1.72 bits per heavy atom. The van der Waals surface area contributed by atoms with Crippen LogP contribution in [0.15, 0.2) is 59.4 Å². The summed E-state index contributed by atoms with van der Waals surface area (Å²) in [6, 6.07) is 17.2. The van der Waals surface area contributed by atoms with Crippen LogP contribution in [0.25, 0.3) is 10.9 Å². The van der Waals surface area contributed by atoms with Gasteiger partial charge in [0.05, 0.1) is 16.9 Å². The van der Waals surface area contributed by atoms with Crippen LogP contribution in [0.3, 0.4) is 0 Å². The molecule has 0 aliphatic carbocycles. The van der Waals surface area contributed by atoms with Gasteiger partial charge in [0.2, 0.25) is 5.91 Å². The Hall–Kier alpha value is -2.95. The Morgan fingerprint density at radius 3 is 2.38 bits per heavy atom. The summed E-state index contributed by atoms with van der Waals surface area (Å²) in [5.41, 5.74) is 1.74. The van der Waals surface area contributed by atoms with Gasteiger partial charge in [0, 0.05) is 19.5 Å². The molecule has 152 valence electrons. The first-order chi connectivity index (χ1) is 13.9. The number of amides is 1. The maximum atomic E-state index is 13.2. The van der Waals surface area contributed by atoms with Crippen molar-refractivity contribution in [3.8, 4) is 0 Å². The van der Waals surface area contributed by atoms with Crippen LogP contribution < -0.4 is 5.56 Å². The Labute approximate surface area is 172 Å². The van der Waals surface area contributed by atoms with E-state index in [-0.39, 0.29) is 23.6 Å². The van der Waals surface area contributed by atoms with E-state index < -0.39 is 0 Å². The lowest BCUT2D eigenvalue weighted by molar-refractivity contribution is -0.136. The molecule has 1 atom stereocenters.